The Morgan fingerprint density at radius 2 is 1.86 bits per heavy atom. The lowest BCUT2D eigenvalue weighted by atomic mass is 9.95. The second-order valence-corrected chi connectivity index (χ2v) is 9.71. The number of nitrogens with zero attached hydrogens (tertiary/aromatic N) is 1. The Morgan fingerprint density at radius 1 is 1.17 bits per heavy atom. The van der Waals surface area contributed by atoms with Gasteiger partial charge in [0, 0.05) is 5.70 Å². The van der Waals surface area contributed by atoms with E-state index >= 15 is 0 Å². The van der Waals surface area contributed by atoms with Crippen molar-refractivity contribution in [1.82, 2.24) is 16.1 Å². The first-order valence-electron chi connectivity index (χ1n) is 10.3. The van der Waals surface area contributed by atoms with Crippen LogP contribution in [-0.4, -0.2) is 50.1 Å². The zero-order chi connectivity index (χ0) is 26.4. The Kier molecular flexibility index (Phi) is 9.36. The van der Waals surface area contributed by atoms with E-state index in [1.54, 1.807) is 37.3 Å². The molecule has 0 unspecified atom stereocenters. The molecule has 1 aliphatic heterocycles. The van der Waals surface area contributed by atoms with Crippen LogP contribution >= 0.6 is 45.2 Å². The average Bonchev–Trinajstić information content (AvgIpc) is 2.85. The fraction of sp³-hybridized carbons (Fsp3) is 0.217. The maximum Gasteiger partial charge on any atom is 0.337 e. The number of phenols is 1. The number of benzene rings is 2. The number of phenolic OH excluding ortho intramolecular Hbond substituents is 1. The number of nitrogens with one attached hydrogen (secondary N) is 3. The summed E-state index contributed by atoms with van der Waals surface area (Å²) in [5, 5.41) is 19.0. The number of amides is 3. The van der Waals surface area contributed by atoms with Gasteiger partial charge in [0.2, 0.25) is 0 Å². The van der Waals surface area contributed by atoms with Gasteiger partial charge >= 0.3 is 12.0 Å². The Labute approximate surface area is 233 Å². The number of hydrogen-bond donors (Lipinski definition) is 4. The van der Waals surface area contributed by atoms with E-state index in [-0.39, 0.29) is 23.7 Å². The number of carbonyl (C=O) groups is 3. The molecule has 11 nitrogen and oxygen atoms in total. The Hall–Kier alpha value is -3.08. The largest absolute Gasteiger partial charge is 0.506 e. The molecule has 0 spiro atoms. The highest BCUT2D eigenvalue weighted by atomic mass is 127. The highest BCUT2D eigenvalue weighted by Crippen LogP contribution is 2.34. The van der Waals surface area contributed by atoms with Crippen molar-refractivity contribution in [3.63, 3.8) is 0 Å². The van der Waals surface area contributed by atoms with Gasteiger partial charge < -0.3 is 30.0 Å². The third-order valence-corrected chi connectivity index (χ3v) is 6.64. The van der Waals surface area contributed by atoms with Crippen LogP contribution in [0.2, 0.25) is 0 Å². The van der Waals surface area contributed by atoms with Gasteiger partial charge in [0.1, 0.15) is 5.75 Å². The predicted molar refractivity (Wildman–Crippen MR) is 147 cm³/mol. The molecule has 36 heavy (non-hydrogen) atoms. The lowest BCUT2D eigenvalue weighted by Gasteiger charge is -2.28. The molecular formula is C23H22I2N4O7. The molecule has 1 aliphatic rings. The molecule has 0 radical (unpaired) electrons. The Morgan fingerprint density at radius 3 is 2.50 bits per heavy atom. The van der Waals surface area contributed by atoms with E-state index in [9.17, 15) is 19.5 Å². The monoisotopic (exact) mass is 720 g/mol. The number of hydrogen-bond acceptors (Lipinski definition) is 8. The quantitative estimate of drug-likeness (QED) is 0.142. The fourth-order valence-corrected chi connectivity index (χ4v) is 5.14. The van der Waals surface area contributed by atoms with Crippen LogP contribution in [0.3, 0.4) is 0 Å². The van der Waals surface area contributed by atoms with Crippen molar-refractivity contribution in [2.75, 3.05) is 20.8 Å². The van der Waals surface area contributed by atoms with Gasteiger partial charge in [-0.15, -0.1) is 0 Å². The minimum Gasteiger partial charge on any atom is -0.506 e. The molecule has 3 amide bonds. The summed E-state index contributed by atoms with van der Waals surface area (Å²) in [5.74, 6) is -0.313. The molecule has 0 aromatic heterocycles. The first kappa shape index (κ1) is 27.5. The number of urea groups is 1. The lowest BCUT2D eigenvalue weighted by molar-refractivity contribution is -0.136. The summed E-state index contributed by atoms with van der Waals surface area (Å²) >= 11 is 4.01. The molecule has 3 rings (SSSR count). The number of carbonyl (C=O) groups excluding carboxylic acids is 3. The highest BCUT2D eigenvalue weighted by Gasteiger charge is 2.32. The van der Waals surface area contributed by atoms with Crippen molar-refractivity contribution < 1.29 is 33.7 Å². The van der Waals surface area contributed by atoms with E-state index in [0.717, 1.165) is 0 Å². The predicted octanol–water partition coefficient (Wildman–Crippen LogP) is 2.94. The van der Waals surface area contributed by atoms with E-state index in [0.29, 0.717) is 29.7 Å². The van der Waals surface area contributed by atoms with Gasteiger partial charge in [0.15, 0.2) is 18.1 Å². The van der Waals surface area contributed by atoms with Crippen LogP contribution in [0.1, 0.15) is 24.1 Å². The molecule has 4 N–H and O–H groups in total. The number of rotatable bonds is 8. The molecule has 0 bridgehead atoms. The van der Waals surface area contributed by atoms with E-state index in [4.69, 9.17) is 14.2 Å². The number of ether oxygens (including phenoxy) is 3. The minimum atomic E-state index is -0.766. The summed E-state index contributed by atoms with van der Waals surface area (Å²) in [6.07, 6.45) is 1.46. The summed E-state index contributed by atoms with van der Waals surface area (Å²) in [6.45, 7) is 1.27. The van der Waals surface area contributed by atoms with Gasteiger partial charge in [0.25, 0.3) is 5.91 Å². The first-order chi connectivity index (χ1) is 17.1. The third kappa shape index (κ3) is 6.57. The summed E-state index contributed by atoms with van der Waals surface area (Å²) in [7, 11) is 2.69. The van der Waals surface area contributed by atoms with Gasteiger partial charge in [0.05, 0.1) is 39.2 Å². The molecule has 2 aromatic carbocycles. The van der Waals surface area contributed by atoms with Gasteiger partial charge in [-0.1, -0.05) is 6.07 Å². The Bertz CT molecular complexity index is 1240. The van der Waals surface area contributed by atoms with Gasteiger partial charge in [-0.3, -0.25) is 4.79 Å². The summed E-state index contributed by atoms with van der Waals surface area (Å²) in [6, 6.07) is 7.05. The maximum absolute atomic E-state index is 12.3. The van der Waals surface area contributed by atoms with E-state index in [1.807, 2.05) is 45.2 Å². The lowest BCUT2D eigenvalue weighted by Crippen LogP contribution is -2.45. The molecule has 0 fully saturated rings. The topological polar surface area (TPSA) is 148 Å². The van der Waals surface area contributed by atoms with Gasteiger partial charge in [-0.2, -0.15) is 5.10 Å². The van der Waals surface area contributed by atoms with Crippen molar-refractivity contribution >= 4 is 69.3 Å². The normalized spacial score (nSPS) is 15.2. The third-order valence-electron chi connectivity index (χ3n) is 5.00. The van der Waals surface area contributed by atoms with Crippen LogP contribution in [0.5, 0.6) is 17.2 Å². The number of halogens is 2. The summed E-state index contributed by atoms with van der Waals surface area (Å²) in [5.41, 5.74) is 4.27. The smallest absolute Gasteiger partial charge is 0.337 e. The van der Waals surface area contributed by atoms with Gasteiger partial charge in [-0.05, 0) is 87.5 Å². The number of allylic oxidation sites excluding steroid dienone is 1. The second-order valence-electron chi connectivity index (χ2n) is 7.39. The van der Waals surface area contributed by atoms with Crippen molar-refractivity contribution in [2.45, 2.75) is 13.0 Å². The molecule has 2 aromatic rings. The van der Waals surface area contributed by atoms with Crippen molar-refractivity contribution in [3.8, 4) is 17.2 Å². The molecule has 0 saturated heterocycles. The maximum atomic E-state index is 12.3. The standard InChI is InChI=1S/C23H22I2N4O7/c1-11-19(22(32)35-3)20(28-23(33)27-11)13-4-5-16(17(8-13)34-2)36-10-18(30)29-26-9-12-6-14(24)21(31)15(25)7-12/h4-9,20,31H,10H2,1-3H3,(H,29,30)(H2,27,28,33)/b26-9-/t20-/m0/s1. The zero-order valence-corrected chi connectivity index (χ0v) is 23.7. The summed E-state index contributed by atoms with van der Waals surface area (Å²) < 4.78 is 17.2. The summed E-state index contributed by atoms with van der Waals surface area (Å²) in [4.78, 5) is 36.5. The minimum absolute atomic E-state index is 0.195. The number of esters is 1. The zero-order valence-electron chi connectivity index (χ0n) is 19.3. The average molecular weight is 720 g/mol. The molecule has 190 valence electrons. The van der Waals surface area contributed by atoms with Crippen LogP contribution in [-0.2, 0) is 14.3 Å². The number of hydrazone groups is 1. The number of aromatic hydroxyl groups is 1. The molecular weight excluding hydrogens is 698 g/mol. The van der Waals surface area contributed by atoms with Crippen LogP contribution in [0.15, 0.2) is 46.7 Å². The number of methoxy groups -OCH3 is 2. The van der Waals surface area contributed by atoms with Gasteiger partial charge in [-0.25, -0.2) is 15.0 Å². The molecule has 0 saturated carbocycles. The fourth-order valence-electron chi connectivity index (χ4n) is 3.32. The SMILES string of the molecule is COC(=O)C1=C(C)NC(=O)N[C@H]1c1ccc(OCC(=O)N/N=C\c2cc(I)c(O)c(I)c2)c(OC)c1. The Balaban J connectivity index is 1.68. The second kappa shape index (κ2) is 12.2. The molecule has 13 heteroatoms. The van der Waals surface area contributed by atoms with E-state index in [2.05, 4.69) is 21.2 Å². The van der Waals surface area contributed by atoms with Crippen molar-refractivity contribution in [3.05, 3.63) is 59.9 Å². The molecule has 1 heterocycles. The van der Waals surface area contributed by atoms with Crippen molar-refractivity contribution in [2.24, 2.45) is 5.10 Å². The highest BCUT2D eigenvalue weighted by molar-refractivity contribution is 14.1. The first-order valence-corrected chi connectivity index (χ1v) is 12.5. The molecule has 1 atom stereocenters. The van der Waals surface area contributed by atoms with Crippen LogP contribution in [0.4, 0.5) is 4.79 Å². The van der Waals surface area contributed by atoms with Crippen LogP contribution < -0.4 is 25.5 Å². The van der Waals surface area contributed by atoms with Crippen LogP contribution in [0, 0.1) is 7.14 Å². The van der Waals surface area contributed by atoms with E-state index in [1.165, 1.54) is 20.4 Å². The van der Waals surface area contributed by atoms with Crippen molar-refractivity contribution in [1.29, 1.82) is 0 Å². The van der Waals surface area contributed by atoms with E-state index < -0.39 is 23.9 Å². The van der Waals surface area contributed by atoms with Crippen LogP contribution in [0.25, 0.3) is 0 Å². The molecule has 0 aliphatic carbocycles.